The average Bonchev–Trinajstić information content (AvgIpc) is 2.67. The number of likely N-dealkylation sites (N-methyl/N-ethyl adjacent to an activating group) is 1. The minimum Gasteiger partial charge on any atom is -0.872 e. The van der Waals surface area contributed by atoms with Gasteiger partial charge >= 0.3 is 38.1 Å². The van der Waals surface area contributed by atoms with Crippen LogP contribution in [0.25, 0.3) is 0 Å². The predicted molar refractivity (Wildman–Crippen MR) is 123 cm³/mol. The summed E-state index contributed by atoms with van der Waals surface area (Å²) in [5.41, 5.74) is -0.356. The Labute approximate surface area is 228 Å². The van der Waals surface area contributed by atoms with Crippen molar-refractivity contribution in [1.29, 1.82) is 0 Å². The maximum Gasteiger partial charge on any atom is 3.00 e. The number of aromatic carboxylic acids is 2. The molecule has 0 fully saturated rings. The molecule has 0 aliphatic heterocycles. The van der Waals surface area contributed by atoms with Gasteiger partial charge in [0.1, 0.15) is 6.54 Å². The fourth-order valence-corrected chi connectivity index (χ4v) is 1.59. The summed E-state index contributed by atoms with van der Waals surface area (Å²) in [7, 11) is 6.16. The van der Waals surface area contributed by atoms with Crippen LogP contribution in [0.3, 0.4) is 0 Å². The van der Waals surface area contributed by atoms with E-state index in [2.05, 4.69) is 21.1 Å². The van der Waals surface area contributed by atoms with Gasteiger partial charge in [-0.05, 0) is 26.0 Å². The Kier molecular flexibility index (Phi) is 24.6. The molecule has 0 heterocycles. The first-order chi connectivity index (χ1) is 16.0. The van der Waals surface area contributed by atoms with E-state index in [9.17, 15) is 19.8 Å². The molecular weight excluding hydrogens is 675 g/mol. The van der Waals surface area contributed by atoms with Crippen molar-refractivity contribution in [2.45, 2.75) is 13.8 Å². The third kappa shape index (κ3) is 28.8. The van der Waals surface area contributed by atoms with Crippen molar-refractivity contribution in [3.8, 4) is 11.5 Å². The van der Waals surface area contributed by atoms with E-state index >= 15 is 0 Å². The van der Waals surface area contributed by atoms with E-state index in [0.717, 1.165) is 24.9 Å². The molecule has 0 amide bonds. The SMILES string of the molecule is CC(=O)[O-].CC(=O)[O-].C[N+](C)(C)CCO.O=C(O)c1ccccc1[O-].O=C(O)c1ccccc1[O-].[Bi+3]. The predicted octanol–water partition coefficient (Wildman–Crippen LogP) is -2.27. The Balaban J connectivity index is -0.000000186. The van der Waals surface area contributed by atoms with E-state index in [1.165, 1.54) is 48.5 Å². The molecule has 0 aliphatic rings. The Morgan fingerprint density at radius 2 is 0.972 bits per heavy atom. The summed E-state index contributed by atoms with van der Waals surface area (Å²) in [6, 6.07) is 11.1. The Morgan fingerprint density at radius 3 is 1.08 bits per heavy atom. The van der Waals surface area contributed by atoms with Crippen LogP contribution in [0, 0.1) is 0 Å². The molecule has 0 aliphatic carbocycles. The third-order valence-electron chi connectivity index (χ3n) is 3.01. The normalized spacial score (nSPS) is 8.83. The van der Waals surface area contributed by atoms with Crippen LogP contribution in [0.1, 0.15) is 34.6 Å². The van der Waals surface area contributed by atoms with Crippen molar-refractivity contribution in [2.24, 2.45) is 0 Å². The number of carbonyl (C=O) groups excluding carboxylic acids is 2. The van der Waals surface area contributed by atoms with Crippen LogP contribution in [0.5, 0.6) is 11.5 Å². The van der Waals surface area contributed by atoms with Gasteiger partial charge in [-0.3, -0.25) is 0 Å². The van der Waals surface area contributed by atoms with Gasteiger partial charge in [-0.25, -0.2) is 9.59 Å². The quantitative estimate of drug-likeness (QED) is 0.228. The van der Waals surface area contributed by atoms with Gasteiger partial charge in [0.25, 0.3) is 0 Å². The number of hydrogen-bond acceptors (Lipinski definition) is 9. The number of carbonyl (C=O) groups is 4. The molecule has 198 valence electrons. The van der Waals surface area contributed by atoms with Gasteiger partial charge in [-0.1, -0.05) is 47.9 Å². The largest absolute Gasteiger partial charge is 3.00 e. The zero-order valence-electron chi connectivity index (χ0n) is 20.5. The molecule has 2 aromatic carbocycles. The van der Waals surface area contributed by atoms with Crippen molar-refractivity contribution >= 4 is 50.1 Å². The van der Waals surface area contributed by atoms with E-state index in [0.29, 0.717) is 0 Å². The van der Waals surface area contributed by atoms with E-state index in [1.54, 1.807) is 0 Å². The van der Waals surface area contributed by atoms with E-state index < -0.39 is 35.4 Å². The standard InChI is InChI=1S/2C7H6O3.C5H14NO.2C2H4O2.Bi/c2*8-6-4-2-1-3-5(6)7(9)10;1-6(2,3)4-5-7;2*1-2(3)4;/h2*1-4,8H,(H,9,10);7H,4-5H2,1-3H3;2*1H3,(H,3,4);/q;;+1;;;+3/p-4. The van der Waals surface area contributed by atoms with Crippen molar-refractivity contribution in [1.82, 2.24) is 0 Å². The van der Waals surface area contributed by atoms with Crippen molar-refractivity contribution in [3.63, 3.8) is 0 Å². The van der Waals surface area contributed by atoms with Crippen molar-refractivity contribution in [3.05, 3.63) is 59.7 Å². The third-order valence-corrected chi connectivity index (χ3v) is 3.01. The number of rotatable bonds is 4. The van der Waals surface area contributed by atoms with Gasteiger partial charge in [0.15, 0.2) is 0 Å². The number of hydrogen-bond donors (Lipinski definition) is 3. The van der Waals surface area contributed by atoms with E-state index in [1.807, 2.05) is 0 Å². The number of aliphatic hydroxyl groups is 1. The van der Waals surface area contributed by atoms with Crippen LogP contribution in [-0.4, -0.2) is 104 Å². The Hall–Kier alpha value is -3.28. The minimum atomic E-state index is -1.18. The molecule has 0 atom stereocenters. The van der Waals surface area contributed by atoms with Crippen LogP contribution in [0.2, 0.25) is 0 Å². The molecule has 13 heteroatoms. The maximum atomic E-state index is 10.7. The van der Waals surface area contributed by atoms with Gasteiger partial charge < -0.3 is 49.8 Å². The Morgan fingerprint density at radius 1 is 0.722 bits per heavy atom. The van der Waals surface area contributed by atoms with Gasteiger partial charge in [-0.2, -0.15) is 0 Å². The molecular formula is C23H30BiNO11. The average molecular weight is 705 g/mol. The van der Waals surface area contributed by atoms with Gasteiger partial charge in [0.05, 0.1) is 38.9 Å². The van der Waals surface area contributed by atoms with Gasteiger partial charge in [0, 0.05) is 11.9 Å². The number of carboxylic acid groups (broad SMARTS) is 4. The monoisotopic (exact) mass is 705 g/mol. The maximum absolute atomic E-state index is 10.7. The second kappa shape index (κ2) is 22.2. The summed E-state index contributed by atoms with van der Waals surface area (Å²) in [5, 5.41) is 64.3. The zero-order chi connectivity index (χ0) is 28.2. The summed E-state index contributed by atoms with van der Waals surface area (Å²) in [6.45, 7) is 3.06. The Bertz CT molecular complexity index is 853. The number of para-hydroxylation sites is 2. The van der Waals surface area contributed by atoms with Crippen LogP contribution in [-0.2, 0) is 9.59 Å². The fraction of sp³-hybridized carbons (Fsp3) is 0.304. The van der Waals surface area contributed by atoms with E-state index in [-0.39, 0.29) is 43.9 Å². The first-order valence-electron chi connectivity index (χ1n) is 9.71. The van der Waals surface area contributed by atoms with Gasteiger partial charge in [0.2, 0.25) is 0 Å². The van der Waals surface area contributed by atoms with Crippen molar-refractivity contribution < 1.29 is 59.4 Å². The second-order valence-electron chi connectivity index (χ2n) is 7.32. The van der Waals surface area contributed by atoms with Gasteiger partial charge in [-0.15, -0.1) is 0 Å². The fourth-order valence-electron chi connectivity index (χ4n) is 1.59. The number of nitrogens with zero attached hydrogens (tertiary/aromatic N) is 1. The number of aliphatic carboxylic acids is 2. The zero-order valence-corrected chi connectivity index (χ0v) is 24.0. The molecule has 2 radical (unpaired) electrons. The summed E-state index contributed by atoms with van der Waals surface area (Å²) in [5.74, 6) is -5.42. The van der Waals surface area contributed by atoms with Crippen LogP contribution >= 0.6 is 0 Å². The molecule has 2 rings (SSSR count). The molecule has 0 saturated heterocycles. The van der Waals surface area contributed by atoms with Crippen molar-refractivity contribution in [2.75, 3.05) is 34.3 Å². The number of carboxylic acids is 4. The van der Waals surface area contributed by atoms with Crippen LogP contribution in [0.15, 0.2) is 48.5 Å². The molecule has 12 nitrogen and oxygen atoms in total. The summed E-state index contributed by atoms with van der Waals surface area (Å²) >= 11 is 0. The summed E-state index contributed by atoms with van der Waals surface area (Å²) in [4.78, 5) is 38.2. The molecule has 0 saturated carbocycles. The van der Waals surface area contributed by atoms with E-state index in [4.69, 9.17) is 35.1 Å². The topological polar surface area (TPSA) is 221 Å². The molecule has 0 spiro atoms. The molecule has 3 N–H and O–H groups in total. The molecule has 36 heavy (non-hydrogen) atoms. The molecule has 0 aromatic heterocycles. The molecule has 0 unspecified atom stereocenters. The van der Waals surface area contributed by atoms with Crippen LogP contribution in [0.4, 0.5) is 0 Å². The molecule has 0 bridgehead atoms. The second-order valence-corrected chi connectivity index (χ2v) is 7.32. The first-order valence-corrected chi connectivity index (χ1v) is 9.71. The number of benzene rings is 2. The molecule has 2 aromatic rings. The number of quaternary nitrogens is 1. The summed E-state index contributed by atoms with van der Waals surface area (Å²) < 4.78 is 0.844. The first kappa shape index (κ1) is 39.9. The smallest absolute Gasteiger partial charge is 0.872 e. The summed E-state index contributed by atoms with van der Waals surface area (Å²) in [6.07, 6.45) is 0. The van der Waals surface area contributed by atoms with Crippen LogP contribution < -0.4 is 20.4 Å². The number of aliphatic hydroxyl groups excluding tert-OH is 1. The minimum absolute atomic E-state index is 0.